The average molecular weight is 375 g/mol. The molecule has 0 radical (unpaired) electrons. The zero-order valence-corrected chi connectivity index (χ0v) is 18.5. The van der Waals surface area contributed by atoms with Crippen LogP contribution in [0.5, 0.6) is 0 Å². The molecule has 1 aromatic rings. The molecule has 0 spiro atoms. The van der Waals surface area contributed by atoms with E-state index in [1.807, 2.05) is 13.8 Å². The van der Waals surface area contributed by atoms with Gasteiger partial charge in [-0.2, -0.15) is 0 Å². The lowest BCUT2D eigenvalue weighted by atomic mass is 9.92. The Morgan fingerprint density at radius 1 is 1.14 bits per heavy atom. The lowest BCUT2D eigenvalue weighted by Crippen LogP contribution is -1.94. The molecule has 1 fully saturated rings. The van der Waals surface area contributed by atoms with Crippen LogP contribution < -0.4 is 0 Å². The second-order valence-corrected chi connectivity index (χ2v) is 7.97. The maximum atomic E-state index is 4.30. The summed E-state index contributed by atoms with van der Waals surface area (Å²) in [5, 5.41) is 0. The van der Waals surface area contributed by atoms with Crippen molar-refractivity contribution in [3.05, 3.63) is 90.1 Å². The minimum atomic E-state index is 0.613. The minimum absolute atomic E-state index is 0.613. The fraction of sp³-hybridized carbons (Fsp3) is 0.429. The van der Waals surface area contributed by atoms with Crippen molar-refractivity contribution in [2.24, 2.45) is 23.7 Å². The van der Waals surface area contributed by atoms with Crippen LogP contribution in [0.4, 0.5) is 0 Å². The van der Waals surface area contributed by atoms with Crippen LogP contribution in [-0.2, 0) is 0 Å². The number of hydrogen-bond acceptors (Lipinski definition) is 0. The number of hydrogen-bond donors (Lipinski definition) is 0. The molecule has 0 bridgehead atoms. The van der Waals surface area contributed by atoms with Crippen molar-refractivity contribution < 1.29 is 0 Å². The van der Waals surface area contributed by atoms with Crippen molar-refractivity contribution in [2.75, 3.05) is 0 Å². The van der Waals surface area contributed by atoms with Gasteiger partial charge in [0.25, 0.3) is 0 Å². The molecular weight excluding hydrogens is 336 g/mol. The number of fused-ring (bicyclic) bond motifs is 1. The summed E-state index contributed by atoms with van der Waals surface area (Å²) in [6, 6.07) is 10.7. The van der Waals surface area contributed by atoms with Crippen LogP contribution in [0, 0.1) is 23.7 Å². The van der Waals surface area contributed by atoms with Gasteiger partial charge in [0, 0.05) is 0 Å². The fourth-order valence-electron chi connectivity index (χ4n) is 3.84. The van der Waals surface area contributed by atoms with Gasteiger partial charge in [0.15, 0.2) is 0 Å². The monoisotopic (exact) mass is 374 g/mol. The first-order valence-electron chi connectivity index (χ1n) is 11.1. The SMILES string of the molecule is C=C(/C=C\C(C)CCCC)/C=C(/C1=CC2C(C)C2C=C1)c1ccccc1.CC. The van der Waals surface area contributed by atoms with Crippen molar-refractivity contribution in [3.63, 3.8) is 0 Å². The van der Waals surface area contributed by atoms with Crippen LogP contribution in [0.25, 0.3) is 5.57 Å². The summed E-state index contributed by atoms with van der Waals surface area (Å²) in [6.07, 6.45) is 17.7. The van der Waals surface area contributed by atoms with Gasteiger partial charge in [-0.25, -0.2) is 0 Å². The van der Waals surface area contributed by atoms with Crippen LogP contribution >= 0.6 is 0 Å². The third kappa shape index (κ3) is 5.96. The molecule has 0 heterocycles. The highest BCUT2D eigenvalue weighted by Gasteiger charge is 2.44. The summed E-state index contributed by atoms with van der Waals surface area (Å²) in [4.78, 5) is 0. The van der Waals surface area contributed by atoms with Gasteiger partial charge >= 0.3 is 0 Å². The molecule has 2 aliphatic rings. The maximum Gasteiger partial charge on any atom is -0.0109 e. The molecule has 0 aliphatic heterocycles. The molecule has 0 N–H and O–H groups in total. The van der Waals surface area contributed by atoms with E-state index in [1.165, 1.54) is 36.0 Å². The van der Waals surface area contributed by atoms with Crippen molar-refractivity contribution in [3.8, 4) is 0 Å². The molecule has 0 aromatic heterocycles. The van der Waals surface area contributed by atoms with E-state index >= 15 is 0 Å². The highest BCUT2D eigenvalue weighted by molar-refractivity contribution is 5.84. The van der Waals surface area contributed by atoms with Gasteiger partial charge < -0.3 is 0 Å². The zero-order valence-electron chi connectivity index (χ0n) is 18.5. The van der Waals surface area contributed by atoms with E-state index in [4.69, 9.17) is 0 Å². The first-order valence-corrected chi connectivity index (χ1v) is 11.1. The van der Waals surface area contributed by atoms with Gasteiger partial charge in [0.2, 0.25) is 0 Å². The number of allylic oxidation sites excluding steroid dienone is 9. The van der Waals surface area contributed by atoms with Crippen molar-refractivity contribution in [2.45, 2.75) is 53.9 Å². The predicted octanol–water partition coefficient (Wildman–Crippen LogP) is 8.41. The molecule has 2 aliphatic carbocycles. The number of benzene rings is 1. The van der Waals surface area contributed by atoms with E-state index in [0.717, 1.165) is 23.3 Å². The topological polar surface area (TPSA) is 0 Å². The normalized spacial score (nSPS) is 24.1. The third-order valence-corrected chi connectivity index (χ3v) is 5.77. The lowest BCUT2D eigenvalue weighted by molar-refractivity contribution is 0.598. The molecule has 0 heteroatoms. The van der Waals surface area contributed by atoms with Gasteiger partial charge in [0.1, 0.15) is 0 Å². The van der Waals surface area contributed by atoms with E-state index in [-0.39, 0.29) is 0 Å². The number of rotatable bonds is 8. The fourth-order valence-corrected chi connectivity index (χ4v) is 3.84. The van der Waals surface area contributed by atoms with Gasteiger partial charge in [-0.15, -0.1) is 0 Å². The van der Waals surface area contributed by atoms with Gasteiger partial charge in [-0.05, 0) is 58.5 Å². The minimum Gasteiger partial charge on any atom is -0.0918 e. The summed E-state index contributed by atoms with van der Waals surface area (Å²) < 4.78 is 0. The van der Waals surface area contributed by atoms with E-state index in [1.54, 1.807) is 0 Å². The van der Waals surface area contributed by atoms with Crippen molar-refractivity contribution in [1.29, 1.82) is 0 Å². The van der Waals surface area contributed by atoms with Gasteiger partial charge in [-0.1, -0.05) is 115 Å². The summed E-state index contributed by atoms with van der Waals surface area (Å²) in [5.41, 5.74) is 4.97. The lowest BCUT2D eigenvalue weighted by Gasteiger charge is -2.13. The van der Waals surface area contributed by atoms with E-state index < -0.39 is 0 Å². The molecule has 1 saturated carbocycles. The smallest absolute Gasteiger partial charge is 0.0109 e. The Bertz CT molecular complexity index is 742. The average Bonchev–Trinajstić information content (AvgIpc) is 3.40. The summed E-state index contributed by atoms with van der Waals surface area (Å²) in [7, 11) is 0. The summed E-state index contributed by atoms with van der Waals surface area (Å²) >= 11 is 0. The first kappa shape index (κ1) is 22.2. The van der Waals surface area contributed by atoms with Gasteiger partial charge in [0.05, 0.1) is 0 Å². The van der Waals surface area contributed by atoms with Crippen molar-refractivity contribution >= 4 is 5.57 Å². The number of unbranched alkanes of at least 4 members (excludes halogenated alkanes) is 1. The molecule has 0 nitrogen and oxygen atoms in total. The second kappa shape index (κ2) is 11.1. The predicted molar refractivity (Wildman–Crippen MR) is 126 cm³/mol. The molecule has 28 heavy (non-hydrogen) atoms. The summed E-state index contributed by atoms with van der Waals surface area (Å²) in [5.74, 6) is 2.89. The van der Waals surface area contributed by atoms with E-state index in [0.29, 0.717) is 5.92 Å². The zero-order chi connectivity index (χ0) is 20.5. The Balaban J connectivity index is 0.00000136. The Morgan fingerprint density at radius 2 is 1.86 bits per heavy atom. The van der Waals surface area contributed by atoms with E-state index in [2.05, 4.69) is 94.1 Å². The van der Waals surface area contributed by atoms with Crippen LogP contribution in [0.1, 0.15) is 59.4 Å². The quantitative estimate of drug-likeness (QED) is 0.401. The van der Waals surface area contributed by atoms with Crippen molar-refractivity contribution in [1.82, 2.24) is 0 Å². The Labute approximate surface area is 173 Å². The molecule has 4 unspecified atom stereocenters. The van der Waals surface area contributed by atoms with Crippen LogP contribution in [-0.4, -0.2) is 0 Å². The molecular formula is C28H38. The second-order valence-electron chi connectivity index (χ2n) is 7.97. The summed E-state index contributed by atoms with van der Waals surface area (Å²) in [6.45, 7) is 15.2. The van der Waals surface area contributed by atoms with E-state index in [9.17, 15) is 0 Å². The van der Waals surface area contributed by atoms with Crippen LogP contribution in [0.2, 0.25) is 0 Å². The van der Waals surface area contributed by atoms with Crippen LogP contribution in [0.3, 0.4) is 0 Å². The molecule has 150 valence electrons. The van der Waals surface area contributed by atoms with Gasteiger partial charge in [-0.3, -0.25) is 0 Å². The highest BCUT2D eigenvalue weighted by atomic mass is 14.5. The Hall–Kier alpha value is -2.08. The Kier molecular flexibility index (Phi) is 8.77. The molecule has 0 amide bonds. The molecule has 1 aromatic carbocycles. The highest BCUT2D eigenvalue weighted by Crippen LogP contribution is 2.51. The standard InChI is InChI=1S/C26H32.C2H6/c1-5-6-10-19(2)13-14-20(3)17-26(22-11-8-7-9-12-22)23-15-16-24-21(4)25(24)18-23;1-2/h7-9,11-19,21,24-25H,3,5-6,10H2,1-2,4H3;1-2H3/b14-13-,26-17+;. The molecule has 4 atom stereocenters. The Morgan fingerprint density at radius 3 is 2.50 bits per heavy atom. The maximum absolute atomic E-state index is 4.30. The molecule has 3 rings (SSSR count). The van der Waals surface area contributed by atoms with Crippen LogP contribution in [0.15, 0.2) is 84.5 Å². The third-order valence-electron chi connectivity index (χ3n) is 5.77. The largest absolute Gasteiger partial charge is 0.0918 e. The molecule has 0 saturated heterocycles. The first-order chi connectivity index (χ1) is 13.6.